The third-order valence-electron chi connectivity index (χ3n) is 4.14. The van der Waals surface area contributed by atoms with E-state index in [1.54, 1.807) is 12.1 Å². The van der Waals surface area contributed by atoms with Gasteiger partial charge >= 0.3 is 0 Å². The lowest BCUT2D eigenvalue weighted by Gasteiger charge is -2.20. The van der Waals surface area contributed by atoms with Crippen molar-refractivity contribution in [3.63, 3.8) is 0 Å². The molecule has 0 fully saturated rings. The van der Waals surface area contributed by atoms with Crippen LogP contribution in [0.25, 0.3) is 0 Å². The van der Waals surface area contributed by atoms with Crippen LogP contribution in [0.15, 0.2) is 47.4 Å². The second-order valence-electron chi connectivity index (χ2n) is 6.87. The maximum absolute atomic E-state index is 12.7. The smallest absolute Gasteiger partial charge is 0.255 e. The van der Waals surface area contributed by atoms with Crippen molar-refractivity contribution in [3.05, 3.63) is 59.2 Å². The summed E-state index contributed by atoms with van der Waals surface area (Å²) in [7, 11) is -3.35. The highest BCUT2D eigenvalue weighted by Crippen LogP contribution is 2.32. The Kier molecular flexibility index (Phi) is 5.68. The Balaban J connectivity index is 2.45. The van der Waals surface area contributed by atoms with Crippen LogP contribution in [0, 0.1) is 0 Å². The summed E-state index contributed by atoms with van der Waals surface area (Å²) in [5.74, 6) is 0.216. The second kappa shape index (κ2) is 7.40. The molecule has 0 atom stereocenters. The molecule has 0 spiro atoms. The number of carbonyl (C=O) groups excluding carboxylic acids is 1. The van der Waals surface area contributed by atoms with E-state index < -0.39 is 9.84 Å². The van der Waals surface area contributed by atoms with Gasteiger partial charge in [-0.3, -0.25) is 4.79 Å². The summed E-state index contributed by atoms with van der Waals surface area (Å²) in [5, 5.41) is 3.00. The minimum atomic E-state index is -3.35. The Morgan fingerprint density at radius 3 is 1.92 bits per heavy atom. The highest BCUT2D eigenvalue weighted by atomic mass is 32.2. The van der Waals surface area contributed by atoms with Crippen molar-refractivity contribution in [2.45, 2.75) is 44.4 Å². The Labute approximate surface area is 150 Å². The van der Waals surface area contributed by atoms with Crippen LogP contribution in [-0.2, 0) is 9.84 Å². The summed E-state index contributed by atoms with van der Waals surface area (Å²) in [6, 6.07) is 12.1. The molecule has 0 aliphatic carbocycles. The van der Waals surface area contributed by atoms with Gasteiger partial charge in [0.1, 0.15) is 0 Å². The molecule has 25 heavy (non-hydrogen) atoms. The van der Waals surface area contributed by atoms with E-state index >= 15 is 0 Å². The number of anilines is 1. The Bertz CT molecular complexity index is 857. The number of hydrogen-bond acceptors (Lipinski definition) is 3. The number of nitrogens with one attached hydrogen (secondary N) is 1. The number of amides is 1. The van der Waals surface area contributed by atoms with E-state index in [0.29, 0.717) is 5.56 Å². The molecule has 0 radical (unpaired) electrons. The number of benzene rings is 2. The summed E-state index contributed by atoms with van der Waals surface area (Å²) in [4.78, 5) is 12.9. The number of carbonyl (C=O) groups is 1. The standard InChI is InChI=1S/C20H25NO3S/c1-13(2)17-10-7-11-18(14(3)4)19(17)21-20(22)15-8-6-9-16(12-15)25(5,23)24/h6-14H,1-5H3,(H,21,22). The van der Waals surface area contributed by atoms with Gasteiger partial charge in [0.05, 0.1) is 4.90 Å². The zero-order valence-electron chi connectivity index (χ0n) is 15.3. The molecule has 0 saturated heterocycles. The van der Waals surface area contributed by atoms with Gasteiger partial charge in [-0.05, 0) is 41.2 Å². The molecule has 0 aromatic heterocycles. The summed E-state index contributed by atoms with van der Waals surface area (Å²) >= 11 is 0. The molecule has 1 amide bonds. The molecule has 5 heteroatoms. The maximum atomic E-state index is 12.7. The molecular weight excluding hydrogens is 334 g/mol. The monoisotopic (exact) mass is 359 g/mol. The van der Waals surface area contributed by atoms with Gasteiger partial charge in [0.2, 0.25) is 0 Å². The van der Waals surface area contributed by atoms with Crippen LogP contribution >= 0.6 is 0 Å². The molecule has 134 valence electrons. The first-order valence-electron chi connectivity index (χ1n) is 8.35. The molecule has 2 aromatic carbocycles. The van der Waals surface area contributed by atoms with Crippen LogP contribution in [-0.4, -0.2) is 20.6 Å². The molecule has 0 unspecified atom stereocenters. The average Bonchev–Trinajstić information content (AvgIpc) is 2.53. The number of rotatable bonds is 5. The number of sulfone groups is 1. The largest absolute Gasteiger partial charge is 0.321 e. The van der Waals surface area contributed by atoms with Gasteiger partial charge < -0.3 is 5.32 Å². The lowest BCUT2D eigenvalue weighted by atomic mass is 9.92. The molecule has 0 bridgehead atoms. The molecule has 4 nitrogen and oxygen atoms in total. The van der Waals surface area contributed by atoms with Gasteiger partial charge in [0.25, 0.3) is 5.91 Å². The fourth-order valence-corrected chi connectivity index (χ4v) is 3.42. The first-order chi connectivity index (χ1) is 11.6. The van der Waals surface area contributed by atoms with Crippen molar-refractivity contribution < 1.29 is 13.2 Å². The van der Waals surface area contributed by atoms with Gasteiger partial charge in [-0.25, -0.2) is 8.42 Å². The van der Waals surface area contributed by atoms with Crippen molar-refractivity contribution in [2.24, 2.45) is 0 Å². The fourth-order valence-electron chi connectivity index (χ4n) is 2.75. The van der Waals surface area contributed by atoms with Gasteiger partial charge in [0.15, 0.2) is 9.84 Å². The first-order valence-corrected chi connectivity index (χ1v) is 10.2. The zero-order valence-corrected chi connectivity index (χ0v) is 16.1. The molecule has 2 rings (SSSR count). The highest BCUT2D eigenvalue weighted by molar-refractivity contribution is 7.90. The Morgan fingerprint density at radius 1 is 0.920 bits per heavy atom. The number of hydrogen-bond donors (Lipinski definition) is 1. The van der Waals surface area contributed by atoms with Crippen LogP contribution in [0.2, 0.25) is 0 Å². The quantitative estimate of drug-likeness (QED) is 0.849. The van der Waals surface area contributed by atoms with Crippen LogP contribution in [0.3, 0.4) is 0 Å². The molecule has 2 aromatic rings. The molecule has 0 heterocycles. The molecular formula is C20H25NO3S. The van der Waals surface area contributed by atoms with Crippen molar-refractivity contribution in [2.75, 3.05) is 11.6 Å². The Morgan fingerprint density at radius 2 is 1.44 bits per heavy atom. The minimum absolute atomic E-state index is 0.140. The lowest BCUT2D eigenvalue weighted by Crippen LogP contribution is -2.16. The van der Waals surface area contributed by atoms with Gasteiger partial charge in [0, 0.05) is 17.5 Å². The molecule has 0 saturated carbocycles. The summed E-state index contributed by atoms with van der Waals surface area (Å²) in [6.45, 7) is 8.33. The molecule has 0 aliphatic heterocycles. The normalized spacial score (nSPS) is 11.8. The Hall–Kier alpha value is -2.14. The predicted molar refractivity (Wildman–Crippen MR) is 102 cm³/mol. The second-order valence-corrected chi connectivity index (χ2v) is 8.89. The topological polar surface area (TPSA) is 63.2 Å². The molecule has 1 N–H and O–H groups in total. The van der Waals surface area contributed by atoms with E-state index in [0.717, 1.165) is 23.1 Å². The minimum Gasteiger partial charge on any atom is -0.321 e. The highest BCUT2D eigenvalue weighted by Gasteiger charge is 2.18. The van der Waals surface area contributed by atoms with Crippen LogP contribution < -0.4 is 5.32 Å². The van der Waals surface area contributed by atoms with E-state index in [9.17, 15) is 13.2 Å². The van der Waals surface area contributed by atoms with Crippen LogP contribution in [0.5, 0.6) is 0 Å². The summed E-state index contributed by atoms with van der Waals surface area (Å²) < 4.78 is 23.4. The van der Waals surface area contributed by atoms with E-state index in [1.165, 1.54) is 12.1 Å². The predicted octanol–water partition coefficient (Wildman–Crippen LogP) is 4.59. The van der Waals surface area contributed by atoms with E-state index in [-0.39, 0.29) is 22.6 Å². The summed E-state index contributed by atoms with van der Waals surface area (Å²) in [5.41, 5.74) is 3.29. The van der Waals surface area contributed by atoms with E-state index in [1.807, 2.05) is 18.2 Å². The van der Waals surface area contributed by atoms with Crippen molar-refractivity contribution >= 4 is 21.4 Å². The SMILES string of the molecule is CC(C)c1cccc(C(C)C)c1NC(=O)c1cccc(S(C)(=O)=O)c1. The molecule has 0 aliphatic rings. The average molecular weight is 359 g/mol. The number of para-hydroxylation sites is 1. The first kappa shape index (κ1) is 19.2. The summed E-state index contributed by atoms with van der Waals surface area (Å²) in [6.07, 6.45) is 1.13. The van der Waals surface area contributed by atoms with Crippen molar-refractivity contribution in [1.29, 1.82) is 0 Å². The van der Waals surface area contributed by atoms with Gasteiger partial charge in [-0.1, -0.05) is 52.0 Å². The van der Waals surface area contributed by atoms with Gasteiger partial charge in [-0.2, -0.15) is 0 Å². The van der Waals surface area contributed by atoms with Gasteiger partial charge in [-0.15, -0.1) is 0 Å². The van der Waals surface area contributed by atoms with E-state index in [4.69, 9.17) is 0 Å². The van der Waals surface area contributed by atoms with E-state index in [2.05, 4.69) is 33.0 Å². The van der Waals surface area contributed by atoms with Crippen LogP contribution in [0.4, 0.5) is 5.69 Å². The lowest BCUT2D eigenvalue weighted by molar-refractivity contribution is 0.102. The van der Waals surface area contributed by atoms with Crippen molar-refractivity contribution in [3.8, 4) is 0 Å². The third kappa shape index (κ3) is 4.48. The zero-order chi connectivity index (χ0) is 18.8. The maximum Gasteiger partial charge on any atom is 0.255 e. The van der Waals surface area contributed by atoms with Crippen LogP contribution in [0.1, 0.15) is 61.0 Å². The van der Waals surface area contributed by atoms with Crippen molar-refractivity contribution in [1.82, 2.24) is 0 Å². The third-order valence-corrected chi connectivity index (χ3v) is 5.25. The fraction of sp³-hybridized carbons (Fsp3) is 0.350.